The first-order valence-corrected chi connectivity index (χ1v) is 9.49. The predicted molar refractivity (Wildman–Crippen MR) is 107 cm³/mol. The minimum absolute atomic E-state index is 0.122. The lowest BCUT2D eigenvalue weighted by molar-refractivity contribution is 0.0993. The van der Waals surface area contributed by atoms with Gasteiger partial charge in [-0.15, -0.1) is 10.2 Å². The molecule has 0 radical (unpaired) electrons. The highest BCUT2D eigenvalue weighted by molar-refractivity contribution is 8.00. The number of carbonyl (C=O) groups excluding carboxylic acids is 1. The fraction of sp³-hybridized carbons (Fsp3) is 0.286. The summed E-state index contributed by atoms with van der Waals surface area (Å²) in [6.07, 6.45) is 0. The van der Waals surface area contributed by atoms with Crippen LogP contribution in [0.1, 0.15) is 34.0 Å². The van der Waals surface area contributed by atoms with Gasteiger partial charge in [-0.1, -0.05) is 53.2 Å². The lowest BCUT2D eigenvalue weighted by Crippen LogP contribution is -2.16. The number of benzene rings is 2. The van der Waals surface area contributed by atoms with Gasteiger partial charge in [0.25, 0.3) is 0 Å². The third-order valence-electron chi connectivity index (χ3n) is 4.42. The standard InChI is InChI=1S/C21H23N3OS/c1-13-7-6-8-17(11-13)20-22-23-21(24(20)5)26-16(4)19(25)18-12-14(2)9-10-15(18)3/h6-12,16H,1-5H3. The highest BCUT2D eigenvalue weighted by Gasteiger charge is 2.21. The molecule has 1 heterocycles. The van der Waals surface area contributed by atoms with Gasteiger partial charge in [0.2, 0.25) is 0 Å². The van der Waals surface area contributed by atoms with E-state index in [-0.39, 0.29) is 11.0 Å². The molecule has 0 aliphatic rings. The zero-order valence-electron chi connectivity index (χ0n) is 15.8. The summed E-state index contributed by atoms with van der Waals surface area (Å²) in [7, 11) is 1.94. The maximum atomic E-state index is 12.9. The van der Waals surface area contributed by atoms with Crippen LogP contribution in [0.3, 0.4) is 0 Å². The Hall–Kier alpha value is -2.40. The number of carbonyl (C=O) groups is 1. The van der Waals surface area contributed by atoms with Crippen LogP contribution >= 0.6 is 11.8 Å². The van der Waals surface area contributed by atoms with Crippen LogP contribution in [0.5, 0.6) is 0 Å². The highest BCUT2D eigenvalue weighted by atomic mass is 32.2. The van der Waals surface area contributed by atoms with E-state index in [2.05, 4.69) is 29.3 Å². The molecule has 0 aliphatic heterocycles. The molecule has 1 unspecified atom stereocenters. The highest BCUT2D eigenvalue weighted by Crippen LogP contribution is 2.28. The van der Waals surface area contributed by atoms with E-state index in [1.165, 1.54) is 17.3 Å². The van der Waals surface area contributed by atoms with E-state index in [1.54, 1.807) is 0 Å². The SMILES string of the molecule is Cc1cccc(-c2nnc(SC(C)C(=O)c3cc(C)ccc3C)n2C)c1. The Bertz CT molecular complexity index is 962. The van der Waals surface area contributed by atoms with Crippen molar-refractivity contribution >= 4 is 17.5 Å². The third kappa shape index (κ3) is 3.73. The number of nitrogens with zero attached hydrogens (tertiary/aromatic N) is 3. The van der Waals surface area contributed by atoms with Gasteiger partial charge in [0.15, 0.2) is 16.8 Å². The van der Waals surface area contributed by atoms with E-state index in [1.807, 2.05) is 62.7 Å². The fourth-order valence-corrected chi connectivity index (χ4v) is 3.77. The molecule has 0 saturated heterocycles. The lowest BCUT2D eigenvalue weighted by atomic mass is 10.0. The third-order valence-corrected chi connectivity index (χ3v) is 5.56. The second-order valence-corrected chi connectivity index (χ2v) is 7.99. The number of thioether (sulfide) groups is 1. The molecule has 0 saturated carbocycles. The summed E-state index contributed by atoms with van der Waals surface area (Å²) in [6, 6.07) is 14.2. The first-order valence-electron chi connectivity index (χ1n) is 8.61. The zero-order chi connectivity index (χ0) is 18.8. The van der Waals surface area contributed by atoms with Gasteiger partial charge in [-0.05, 0) is 45.4 Å². The van der Waals surface area contributed by atoms with E-state index in [4.69, 9.17) is 0 Å². The molecule has 2 aromatic carbocycles. The van der Waals surface area contributed by atoms with Gasteiger partial charge in [-0.2, -0.15) is 0 Å². The molecule has 5 heteroatoms. The van der Waals surface area contributed by atoms with E-state index in [9.17, 15) is 4.79 Å². The maximum absolute atomic E-state index is 12.9. The molecule has 0 amide bonds. The van der Waals surface area contributed by atoms with E-state index >= 15 is 0 Å². The van der Waals surface area contributed by atoms with Crippen molar-refractivity contribution < 1.29 is 4.79 Å². The topological polar surface area (TPSA) is 47.8 Å². The largest absolute Gasteiger partial charge is 0.305 e. The van der Waals surface area contributed by atoms with Crippen LogP contribution in [0, 0.1) is 20.8 Å². The molecule has 3 rings (SSSR count). The van der Waals surface area contributed by atoms with Gasteiger partial charge in [0, 0.05) is 18.2 Å². The zero-order valence-corrected chi connectivity index (χ0v) is 16.6. The molecule has 26 heavy (non-hydrogen) atoms. The van der Waals surface area contributed by atoms with Crippen LogP contribution in [0.25, 0.3) is 11.4 Å². The number of hydrogen-bond donors (Lipinski definition) is 0. The van der Waals surface area contributed by atoms with Crippen LogP contribution in [0.4, 0.5) is 0 Å². The lowest BCUT2D eigenvalue weighted by Gasteiger charge is -2.12. The molecule has 0 fully saturated rings. The van der Waals surface area contributed by atoms with Crippen molar-refractivity contribution in [3.05, 3.63) is 64.7 Å². The van der Waals surface area contributed by atoms with Crippen molar-refractivity contribution in [3.8, 4) is 11.4 Å². The summed E-state index contributed by atoms with van der Waals surface area (Å²) < 4.78 is 1.95. The van der Waals surface area contributed by atoms with Gasteiger partial charge < -0.3 is 4.57 Å². The number of aryl methyl sites for hydroxylation is 3. The molecule has 4 nitrogen and oxygen atoms in total. The van der Waals surface area contributed by atoms with Crippen molar-refractivity contribution in [1.29, 1.82) is 0 Å². The van der Waals surface area contributed by atoms with Crippen LogP contribution in [0.15, 0.2) is 47.6 Å². The average Bonchev–Trinajstić information content (AvgIpc) is 2.97. The minimum Gasteiger partial charge on any atom is -0.305 e. The molecule has 134 valence electrons. The minimum atomic E-state index is -0.233. The van der Waals surface area contributed by atoms with Gasteiger partial charge in [0.1, 0.15) is 0 Å². The first-order chi connectivity index (χ1) is 12.4. The molecule has 3 aromatic rings. The number of aromatic nitrogens is 3. The summed E-state index contributed by atoms with van der Waals surface area (Å²) >= 11 is 1.45. The Kier molecular flexibility index (Phi) is 5.28. The smallest absolute Gasteiger partial charge is 0.191 e. The monoisotopic (exact) mass is 365 g/mol. The number of rotatable bonds is 5. The van der Waals surface area contributed by atoms with Crippen LogP contribution < -0.4 is 0 Å². The van der Waals surface area contributed by atoms with Crippen LogP contribution in [0.2, 0.25) is 0 Å². The number of Topliss-reactive ketones (excluding diaryl/α,β-unsaturated/α-hetero) is 1. The second kappa shape index (κ2) is 7.46. The van der Waals surface area contributed by atoms with Crippen LogP contribution in [-0.4, -0.2) is 25.8 Å². The summed E-state index contributed by atoms with van der Waals surface area (Å²) in [5, 5.41) is 9.14. The van der Waals surface area contributed by atoms with Crippen LogP contribution in [-0.2, 0) is 7.05 Å². The second-order valence-electron chi connectivity index (χ2n) is 6.68. The maximum Gasteiger partial charge on any atom is 0.191 e. The van der Waals surface area contributed by atoms with Gasteiger partial charge >= 0.3 is 0 Å². The molecular formula is C21H23N3OS. The molecule has 1 aromatic heterocycles. The van der Waals surface area contributed by atoms with Gasteiger partial charge in [-0.25, -0.2) is 0 Å². The Morgan fingerprint density at radius 1 is 1.04 bits per heavy atom. The molecule has 0 bridgehead atoms. The Morgan fingerprint density at radius 2 is 1.77 bits per heavy atom. The molecule has 0 N–H and O–H groups in total. The Balaban J connectivity index is 1.83. The fourth-order valence-electron chi connectivity index (χ4n) is 2.88. The normalized spacial score (nSPS) is 12.2. The Morgan fingerprint density at radius 3 is 2.50 bits per heavy atom. The number of ketones is 1. The number of hydrogen-bond acceptors (Lipinski definition) is 4. The average molecular weight is 366 g/mol. The molecule has 1 atom stereocenters. The summed E-state index contributed by atoms with van der Waals surface area (Å²) in [6.45, 7) is 7.96. The molecular weight excluding hydrogens is 342 g/mol. The quantitative estimate of drug-likeness (QED) is 0.483. The van der Waals surface area contributed by atoms with Crippen molar-refractivity contribution in [2.24, 2.45) is 7.05 Å². The first kappa shape index (κ1) is 18.4. The predicted octanol–water partition coefficient (Wildman–Crippen LogP) is 4.77. The van der Waals surface area contributed by atoms with Gasteiger partial charge in [-0.3, -0.25) is 4.79 Å². The van der Waals surface area contributed by atoms with Gasteiger partial charge in [0.05, 0.1) is 5.25 Å². The van der Waals surface area contributed by atoms with Crippen molar-refractivity contribution in [1.82, 2.24) is 14.8 Å². The molecule has 0 spiro atoms. The van der Waals surface area contributed by atoms with Crippen molar-refractivity contribution in [2.45, 2.75) is 38.1 Å². The van der Waals surface area contributed by atoms with E-state index in [0.29, 0.717) is 0 Å². The van der Waals surface area contributed by atoms with E-state index < -0.39 is 0 Å². The van der Waals surface area contributed by atoms with Crippen molar-refractivity contribution in [3.63, 3.8) is 0 Å². The Labute approximate surface area is 158 Å². The van der Waals surface area contributed by atoms with Crippen molar-refractivity contribution in [2.75, 3.05) is 0 Å². The van der Waals surface area contributed by atoms with E-state index in [0.717, 1.165) is 33.2 Å². The molecule has 0 aliphatic carbocycles. The summed E-state index contributed by atoms with van der Waals surface area (Å²) in [5.74, 6) is 0.930. The summed E-state index contributed by atoms with van der Waals surface area (Å²) in [4.78, 5) is 12.9. The summed E-state index contributed by atoms with van der Waals surface area (Å²) in [5.41, 5.74) is 5.09.